The van der Waals surface area contributed by atoms with Crippen LogP contribution in [-0.4, -0.2) is 10.9 Å². The summed E-state index contributed by atoms with van der Waals surface area (Å²) in [5, 5.41) is 0. The fourth-order valence-electron chi connectivity index (χ4n) is 2.22. The second kappa shape index (κ2) is 6.44. The van der Waals surface area contributed by atoms with E-state index in [4.69, 9.17) is 4.42 Å². The summed E-state index contributed by atoms with van der Waals surface area (Å²) in [4.78, 5) is 18.5. The van der Waals surface area contributed by atoms with Crippen LogP contribution in [0, 0.1) is 12.7 Å². The summed E-state index contributed by atoms with van der Waals surface area (Å²) >= 11 is 0. The van der Waals surface area contributed by atoms with Crippen LogP contribution < -0.4 is 4.90 Å². The lowest BCUT2D eigenvalue weighted by atomic mass is 10.2. The molecule has 1 amide bonds. The first-order valence-electron chi connectivity index (χ1n) is 7.14. The van der Waals surface area contributed by atoms with Crippen molar-refractivity contribution in [1.82, 2.24) is 4.98 Å². The van der Waals surface area contributed by atoms with E-state index in [0.29, 0.717) is 17.8 Å². The average Bonchev–Trinajstić information content (AvgIpc) is 3.09. The summed E-state index contributed by atoms with van der Waals surface area (Å²) in [6, 6.07) is 11.2. The number of carbonyl (C=O) groups excluding carboxylic acids is 1. The maximum Gasteiger partial charge on any atom is 0.261 e. The Morgan fingerprint density at radius 3 is 2.57 bits per heavy atom. The number of amides is 1. The van der Waals surface area contributed by atoms with Gasteiger partial charge in [-0.3, -0.25) is 9.78 Å². The van der Waals surface area contributed by atoms with Crippen LogP contribution in [0.1, 0.15) is 21.6 Å². The van der Waals surface area contributed by atoms with Crippen LogP contribution in [0.4, 0.5) is 10.1 Å². The predicted molar refractivity (Wildman–Crippen MR) is 84.6 cm³/mol. The van der Waals surface area contributed by atoms with E-state index < -0.39 is 0 Å². The highest BCUT2D eigenvalue weighted by Crippen LogP contribution is 2.21. The van der Waals surface area contributed by atoms with E-state index in [1.165, 1.54) is 24.7 Å². The Morgan fingerprint density at radius 1 is 1.17 bits per heavy atom. The fraction of sp³-hybridized carbons (Fsp3) is 0.111. The van der Waals surface area contributed by atoms with Crippen molar-refractivity contribution in [3.05, 3.63) is 83.8 Å². The molecule has 2 heterocycles. The maximum atomic E-state index is 13.2. The number of nitrogens with zero attached hydrogens (tertiary/aromatic N) is 2. The van der Waals surface area contributed by atoms with Gasteiger partial charge in [-0.1, -0.05) is 6.07 Å². The van der Waals surface area contributed by atoms with Gasteiger partial charge in [0.25, 0.3) is 5.91 Å². The normalized spacial score (nSPS) is 10.5. The first kappa shape index (κ1) is 15.0. The van der Waals surface area contributed by atoms with E-state index >= 15 is 0 Å². The van der Waals surface area contributed by atoms with Crippen LogP contribution in [0.3, 0.4) is 0 Å². The van der Waals surface area contributed by atoms with Gasteiger partial charge in [-0.15, -0.1) is 0 Å². The van der Waals surface area contributed by atoms with Crippen LogP contribution in [0.25, 0.3) is 0 Å². The molecule has 0 bridgehead atoms. The predicted octanol–water partition coefficient (Wildman–Crippen LogP) is 3.97. The molecule has 3 rings (SSSR count). The average molecular weight is 310 g/mol. The fourth-order valence-corrected chi connectivity index (χ4v) is 2.22. The Balaban J connectivity index is 1.94. The highest BCUT2D eigenvalue weighted by molar-refractivity contribution is 6.05. The first-order chi connectivity index (χ1) is 11.1. The zero-order valence-corrected chi connectivity index (χ0v) is 12.6. The number of furan rings is 1. The highest BCUT2D eigenvalue weighted by atomic mass is 19.1. The van der Waals surface area contributed by atoms with Crippen molar-refractivity contribution in [3.63, 3.8) is 0 Å². The van der Waals surface area contributed by atoms with Gasteiger partial charge >= 0.3 is 0 Å². The minimum atomic E-state index is -0.346. The van der Waals surface area contributed by atoms with Crippen LogP contribution >= 0.6 is 0 Å². The quantitative estimate of drug-likeness (QED) is 0.732. The van der Waals surface area contributed by atoms with Crippen LogP contribution in [0.5, 0.6) is 0 Å². The van der Waals surface area contributed by atoms with E-state index in [2.05, 4.69) is 4.98 Å². The van der Waals surface area contributed by atoms with Crippen LogP contribution in [0.15, 0.2) is 65.6 Å². The standard InChI is InChI=1S/C18H15FN2O2/c1-13-2-3-14(10-20-13)11-21(17-6-4-16(19)5-7-17)18(22)15-8-9-23-12-15/h2-10,12H,11H2,1H3. The van der Waals surface area contributed by atoms with Crippen molar-refractivity contribution in [2.24, 2.45) is 0 Å². The number of anilines is 1. The number of aryl methyl sites for hydroxylation is 1. The summed E-state index contributed by atoms with van der Waals surface area (Å²) < 4.78 is 18.2. The second-order valence-electron chi connectivity index (χ2n) is 5.19. The molecule has 0 spiro atoms. The molecule has 0 fully saturated rings. The monoisotopic (exact) mass is 310 g/mol. The van der Waals surface area contributed by atoms with Crippen molar-refractivity contribution in [2.75, 3.05) is 4.90 Å². The number of pyridine rings is 1. The van der Waals surface area contributed by atoms with Crippen molar-refractivity contribution in [3.8, 4) is 0 Å². The Labute approximate surface area is 133 Å². The lowest BCUT2D eigenvalue weighted by Gasteiger charge is -2.22. The number of rotatable bonds is 4. The van der Waals surface area contributed by atoms with E-state index in [-0.39, 0.29) is 11.7 Å². The number of carbonyl (C=O) groups is 1. The van der Waals surface area contributed by atoms with Gasteiger partial charge < -0.3 is 9.32 Å². The molecule has 0 aliphatic heterocycles. The minimum Gasteiger partial charge on any atom is -0.472 e. The number of hydrogen-bond donors (Lipinski definition) is 0. The van der Waals surface area contributed by atoms with Gasteiger partial charge in [0.1, 0.15) is 12.1 Å². The molecule has 116 valence electrons. The van der Waals surface area contributed by atoms with Gasteiger partial charge in [0.05, 0.1) is 18.4 Å². The molecule has 0 saturated heterocycles. The molecule has 2 aromatic heterocycles. The summed E-state index contributed by atoms with van der Waals surface area (Å²) in [5.41, 5.74) is 2.84. The van der Waals surface area contributed by atoms with Gasteiger partial charge in [-0.2, -0.15) is 0 Å². The van der Waals surface area contributed by atoms with Crippen molar-refractivity contribution >= 4 is 11.6 Å². The van der Waals surface area contributed by atoms with Crippen LogP contribution in [-0.2, 0) is 6.54 Å². The zero-order chi connectivity index (χ0) is 16.2. The number of aromatic nitrogens is 1. The zero-order valence-electron chi connectivity index (χ0n) is 12.6. The lowest BCUT2D eigenvalue weighted by molar-refractivity contribution is 0.0984. The SMILES string of the molecule is Cc1ccc(CN(C(=O)c2ccoc2)c2ccc(F)cc2)cn1. The number of hydrogen-bond acceptors (Lipinski definition) is 3. The molecule has 1 aromatic carbocycles. The molecule has 0 N–H and O–H groups in total. The molecule has 0 aliphatic carbocycles. The van der Waals surface area contributed by atoms with Gasteiger partial charge in [0.2, 0.25) is 0 Å². The Morgan fingerprint density at radius 2 is 1.96 bits per heavy atom. The molecule has 0 unspecified atom stereocenters. The summed E-state index contributed by atoms with van der Waals surface area (Å²) in [6.07, 6.45) is 4.57. The first-order valence-corrected chi connectivity index (χ1v) is 7.14. The lowest BCUT2D eigenvalue weighted by Crippen LogP contribution is -2.30. The van der Waals surface area contributed by atoms with E-state index in [0.717, 1.165) is 11.3 Å². The van der Waals surface area contributed by atoms with E-state index in [9.17, 15) is 9.18 Å². The topological polar surface area (TPSA) is 46.3 Å². The molecule has 0 atom stereocenters. The molecule has 4 nitrogen and oxygen atoms in total. The summed E-state index contributed by atoms with van der Waals surface area (Å²) in [7, 11) is 0. The smallest absolute Gasteiger partial charge is 0.261 e. The summed E-state index contributed by atoms with van der Waals surface area (Å²) in [5.74, 6) is -0.563. The molecule has 0 radical (unpaired) electrons. The highest BCUT2D eigenvalue weighted by Gasteiger charge is 2.19. The molecule has 0 saturated carbocycles. The molecular formula is C18H15FN2O2. The minimum absolute atomic E-state index is 0.217. The van der Waals surface area contributed by atoms with E-state index in [1.54, 1.807) is 29.3 Å². The van der Waals surface area contributed by atoms with Gasteiger partial charge in [0.15, 0.2) is 0 Å². The van der Waals surface area contributed by atoms with Crippen molar-refractivity contribution < 1.29 is 13.6 Å². The molecule has 0 aliphatic rings. The molecule has 3 aromatic rings. The van der Waals surface area contributed by atoms with E-state index in [1.807, 2.05) is 19.1 Å². The molecule has 5 heteroatoms. The van der Waals surface area contributed by atoms with Gasteiger partial charge in [-0.05, 0) is 48.9 Å². The number of halogens is 1. The Kier molecular flexibility index (Phi) is 4.19. The third-order valence-corrected chi connectivity index (χ3v) is 3.46. The van der Waals surface area contributed by atoms with Crippen LogP contribution in [0.2, 0.25) is 0 Å². The Hall–Kier alpha value is -2.95. The van der Waals surface area contributed by atoms with Gasteiger partial charge in [0, 0.05) is 17.6 Å². The third kappa shape index (κ3) is 3.45. The molecular weight excluding hydrogens is 295 g/mol. The maximum absolute atomic E-state index is 13.2. The number of benzene rings is 1. The third-order valence-electron chi connectivity index (χ3n) is 3.46. The second-order valence-corrected chi connectivity index (χ2v) is 5.19. The van der Waals surface area contributed by atoms with Gasteiger partial charge in [-0.25, -0.2) is 4.39 Å². The largest absolute Gasteiger partial charge is 0.472 e. The molecule has 23 heavy (non-hydrogen) atoms. The van der Waals surface area contributed by atoms with Crippen molar-refractivity contribution in [1.29, 1.82) is 0 Å². The van der Waals surface area contributed by atoms with Crippen molar-refractivity contribution in [2.45, 2.75) is 13.5 Å². The summed E-state index contributed by atoms with van der Waals surface area (Å²) in [6.45, 7) is 2.24. The Bertz CT molecular complexity index is 781.